The van der Waals surface area contributed by atoms with Crippen molar-refractivity contribution in [2.45, 2.75) is 19.5 Å². The van der Waals surface area contributed by atoms with E-state index in [0.29, 0.717) is 5.75 Å². The Morgan fingerprint density at radius 3 is 2.81 bits per heavy atom. The zero-order chi connectivity index (χ0) is 11.5. The molecule has 1 heterocycles. The zero-order valence-corrected chi connectivity index (χ0v) is 9.30. The zero-order valence-electron chi connectivity index (χ0n) is 9.30. The molecule has 1 unspecified atom stereocenters. The predicted molar refractivity (Wildman–Crippen MR) is 64.2 cm³/mol. The van der Waals surface area contributed by atoms with Gasteiger partial charge in [-0.3, -0.25) is 0 Å². The molecule has 16 heavy (non-hydrogen) atoms. The normalized spacial score (nSPS) is 12.6. The van der Waals surface area contributed by atoms with E-state index in [0.717, 1.165) is 17.7 Å². The van der Waals surface area contributed by atoms with Gasteiger partial charge in [0, 0.05) is 25.0 Å². The highest BCUT2D eigenvalue weighted by Crippen LogP contribution is 2.14. The Kier molecular flexibility index (Phi) is 2.97. The summed E-state index contributed by atoms with van der Waals surface area (Å²) < 4.78 is 2.06. The molecule has 0 aliphatic carbocycles. The van der Waals surface area contributed by atoms with Gasteiger partial charge in [0.1, 0.15) is 5.75 Å². The van der Waals surface area contributed by atoms with E-state index in [9.17, 15) is 5.11 Å². The van der Waals surface area contributed by atoms with Gasteiger partial charge in [-0.1, -0.05) is 12.1 Å². The van der Waals surface area contributed by atoms with Gasteiger partial charge in [0.2, 0.25) is 0 Å². The maximum atomic E-state index is 9.36. The Balaban J connectivity index is 2.14. The van der Waals surface area contributed by atoms with Crippen molar-refractivity contribution in [1.29, 1.82) is 0 Å². The molecule has 0 saturated carbocycles. The topological polar surface area (TPSA) is 51.2 Å². The minimum absolute atomic E-state index is 0.0606. The van der Waals surface area contributed by atoms with Crippen molar-refractivity contribution in [3.63, 3.8) is 0 Å². The average Bonchev–Trinajstić information content (AvgIpc) is 2.66. The first kappa shape index (κ1) is 10.8. The molecule has 84 valence electrons. The molecule has 3 nitrogen and oxygen atoms in total. The number of benzene rings is 1. The van der Waals surface area contributed by atoms with Crippen LogP contribution in [0.4, 0.5) is 0 Å². The third kappa shape index (κ3) is 2.44. The average molecular weight is 216 g/mol. The van der Waals surface area contributed by atoms with Crippen molar-refractivity contribution in [2.75, 3.05) is 0 Å². The molecule has 0 saturated heterocycles. The van der Waals surface area contributed by atoms with Crippen LogP contribution < -0.4 is 5.73 Å². The molecule has 0 spiro atoms. The maximum Gasteiger partial charge on any atom is 0.115 e. The Labute approximate surface area is 95.1 Å². The second kappa shape index (κ2) is 4.41. The van der Waals surface area contributed by atoms with E-state index in [4.69, 9.17) is 5.73 Å². The number of rotatable bonds is 3. The highest BCUT2D eigenvalue weighted by molar-refractivity contribution is 5.27. The van der Waals surface area contributed by atoms with Crippen LogP contribution >= 0.6 is 0 Å². The summed E-state index contributed by atoms with van der Waals surface area (Å²) in [4.78, 5) is 0. The molecule has 0 fully saturated rings. The van der Waals surface area contributed by atoms with Crippen LogP contribution in [0.25, 0.3) is 0 Å². The summed E-state index contributed by atoms with van der Waals surface area (Å²) in [6.45, 7) is 2.72. The molecule has 3 N–H and O–H groups in total. The summed E-state index contributed by atoms with van der Waals surface area (Å²) in [7, 11) is 0. The fraction of sp³-hybridized carbons (Fsp3) is 0.231. The number of nitrogens with two attached hydrogens (primary N) is 1. The molecule has 0 amide bonds. The van der Waals surface area contributed by atoms with E-state index < -0.39 is 0 Å². The second-order valence-corrected chi connectivity index (χ2v) is 4.08. The number of phenols is 1. The number of aromatic nitrogens is 1. The molecule has 3 heteroatoms. The van der Waals surface area contributed by atoms with Gasteiger partial charge in [0.15, 0.2) is 0 Å². The minimum Gasteiger partial charge on any atom is -0.508 e. The smallest absolute Gasteiger partial charge is 0.115 e. The van der Waals surface area contributed by atoms with Crippen molar-refractivity contribution in [3.8, 4) is 5.75 Å². The molecular weight excluding hydrogens is 200 g/mol. The first-order valence-corrected chi connectivity index (χ1v) is 5.34. The van der Waals surface area contributed by atoms with Gasteiger partial charge in [-0.05, 0) is 36.2 Å². The van der Waals surface area contributed by atoms with Crippen LogP contribution in [0.1, 0.15) is 24.1 Å². The van der Waals surface area contributed by atoms with Crippen LogP contribution in [-0.4, -0.2) is 9.67 Å². The fourth-order valence-corrected chi connectivity index (χ4v) is 1.69. The highest BCUT2D eigenvalue weighted by Gasteiger charge is 2.02. The third-order valence-corrected chi connectivity index (χ3v) is 2.57. The van der Waals surface area contributed by atoms with E-state index in [1.807, 2.05) is 37.5 Å². The standard InChI is InChI=1S/C13H16N2O/c1-10(14)12-5-6-15(9-12)8-11-3-2-4-13(16)7-11/h2-7,9-10,16H,8,14H2,1H3. The third-order valence-electron chi connectivity index (χ3n) is 2.57. The molecule has 1 aromatic heterocycles. The lowest BCUT2D eigenvalue weighted by molar-refractivity contribution is 0.474. The van der Waals surface area contributed by atoms with E-state index in [1.54, 1.807) is 12.1 Å². The lowest BCUT2D eigenvalue weighted by Crippen LogP contribution is -2.03. The Hall–Kier alpha value is -1.74. The Morgan fingerprint density at radius 1 is 1.38 bits per heavy atom. The van der Waals surface area contributed by atoms with Gasteiger partial charge in [-0.2, -0.15) is 0 Å². The molecule has 1 aromatic carbocycles. The number of hydrogen-bond donors (Lipinski definition) is 2. The number of aromatic hydroxyl groups is 1. The Morgan fingerprint density at radius 2 is 2.19 bits per heavy atom. The van der Waals surface area contributed by atoms with Gasteiger partial charge in [0.05, 0.1) is 0 Å². The van der Waals surface area contributed by atoms with Crippen LogP contribution in [0.15, 0.2) is 42.7 Å². The van der Waals surface area contributed by atoms with Crippen molar-refractivity contribution in [2.24, 2.45) is 5.73 Å². The summed E-state index contributed by atoms with van der Waals surface area (Å²) in [5, 5.41) is 9.36. The monoisotopic (exact) mass is 216 g/mol. The largest absolute Gasteiger partial charge is 0.508 e. The molecule has 2 rings (SSSR count). The first-order chi connectivity index (χ1) is 7.65. The van der Waals surface area contributed by atoms with Gasteiger partial charge in [0.25, 0.3) is 0 Å². The number of nitrogens with zero attached hydrogens (tertiary/aromatic N) is 1. The second-order valence-electron chi connectivity index (χ2n) is 4.08. The van der Waals surface area contributed by atoms with Gasteiger partial charge < -0.3 is 15.4 Å². The fourth-order valence-electron chi connectivity index (χ4n) is 1.69. The predicted octanol–water partition coefficient (Wildman–Crippen LogP) is 2.26. The summed E-state index contributed by atoms with van der Waals surface area (Å²) in [6.07, 6.45) is 4.04. The highest BCUT2D eigenvalue weighted by atomic mass is 16.3. The van der Waals surface area contributed by atoms with Crippen LogP contribution in [0.2, 0.25) is 0 Å². The minimum atomic E-state index is 0.0606. The molecule has 0 bridgehead atoms. The van der Waals surface area contributed by atoms with Crippen molar-refractivity contribution in [1.82, 2.24) is 4.57 Å². The van der Waals surface area contributed by atoms with Gasteiger partial charge in [-0.25, -0.2) is 0 Å². The summed E-state index contributed by atoms with van der Waals surface area (Å²) >= 11 is 0. The molecule has 2 aromatic rings. The van der Waals surface area contributed by atoms with Gasteiger partial charge >= 0.3 is 0 Å². The van der Waals surface area contributed by atoms with E-state index >= 15 is 0 Å². The van der Waals surface area contributed by atoms with Crippen molar-refractivity contribution >= 4 is 0 Å². The van der Waals surface area contributed by atoms with E-state index in [-0.39, 0.29) is 6.04 Å². The van der Waals surface area contributed by atoms with Crippen LogP contribution in [-0.2, 0) is 6.54 Å². The van der Waals surface area contributed by atoms with Crippen molar-refractivity contribution < 1.29 is 5.11 Å². The molecule has 0 radical (unpaired) electrons. The molecule has 1 atom stereocenters. The van der Waals surface area contributed by atoms with E-state index in [1.165, 1.54) is 0 Å². The summed E-state index contributed by atoms with van der Waals surface area (Å²) in [5.41, 5.74) is 7.99. The summed E-state index contributed by atoms with van der Waals surface area (Å²) in [5.74, 6) is 0.303. The lowest BCUT2D eigenvalue weighted by Gasteiger charge is -2.04. The van der Waals surface area contributed by atoms with Crippen LogP contribution in [0.3, 0.4) is 0 Å². The maximum absolute atomic E-state index is 9.36. The van der Waals surface area contributed by atoms with Crippen LogP contribution in [0, 0.1) is 0 Å². The number of phenolic OH excluding ortho intramolecular Hbond substituents is 1. The van der Waals surface area contributed by atoms with Crippen molar-refractivity contribution in [3.05, 3.63) is 53.9 Å². The Bertz CT molecular complexity index is 474. The quantitative estimate of drug-likeness (QED) is 0.826. The molecular formula is C13H16N2O. The molecule has 0 aliphatic heterocycles. The SMILES string of the molecule is CC(N)c1ccn(Cc2cccc(O)c2)c1. The first-order valence-electron chi connectivity index (χ1n) is 5.34. The van der Waals surface area contributed by atoms with E-state index in [2.05, 4.69) is 4.57 Å². The lowest BCUT2D eigenvalue weighted by atomic mass is 10.2. The molecule has 0 aliphatic rings. The number of hydrogen-bond acceptors (Lipinski definition) is 2. The van der Waals surface area contributed by atoms with Crippen LogP contribution in [0.5, 0.6) is 5.75 Å². The summed E-state index contributed by atoms with van der Waals surface area (Å²) in [6, 6.07) is 9.36. The van der Waals surface area contributed by atoms with Gasteiger partial charge in [-0.15, -0.1) is 0 Å².